The van der Waals surface area contributed by atoms with E-state index in [4.69, 9.17) is 5.73 Å². The number of aromatic nitrogens is 5. The quantitative estimate of drug-likeness (QED) is 0.401. The van der Waals surface area contributed by atoms with Gasteiger partial charge >= 0.3 is 11.9 Å². The molecule has 0 aliphatic carbocycles. The molecule has 2 aliphatic heterocycles. The van der Waals surface area contributed by atoms with Gasteiger partial charge in [-0.15, -0.1) is 26.6 Å². The van der Waals surface area contributed by atoms with Crippen LogP contribution in [-0.4, -0.2) is 81.1 Å². The first kappa shape index (κ1) is 17.7. The number of hydrogen-bond donors (Lipinski definition) is 3. The number of fused-ring (bicyclic) bond motifs is 2. The lowest BCUT2D eigenvalue weighted by molar-refractivity contribution is -0.147. The first-order valence-corrected chi connectivity index (χ1v) is 9.53. The van der Waals surface area contributed by atoms with Gasteiger partial charge in [0.1, 0.15) is 27.7 Å². The van der Waals surface area contributed by atoms with Gasteiger partial charge in [-0.05, 0) is 22.1 Å². The molecule has 4 rings (SSSR count). The van der Waals surface area contributed by atoms with Crippen LogP contribution in [0.15, 0.2) is 22.4 Å². The van der Waals surface area contributed by atoms with E-state index >= 15 is 0 Å². The van der Waals surface area contributed by atoms with E-state index in [1.807, 2.05) is 0 Å². The van der Waals surface area contributed by atoms with E-state index < -0.39 is 23.9 Å². The highest BCUT2D eigenvalue weighted by molar-refractivity contribution is 8.01. The minimum Gasteiger partial charge on any atom is -0.478 e. The summed E-state index contributed by atoms with van der Waals surface area (Å²) in [7, 11) is 0. The molecule has 1 fully saturated rings. The number of aliphatic carboxylic acids is 1. The third kappa shape index (κ3) is 2.81. The Balaban J connectivity index is 1.63. The lowest BCUT2D eigenvalue weighted by atomic mass is 10.0. The molecule has 2 aromatic heterocycles. The van der Waals surface area contributed by atoms with Gasteiger partial charge in [0.2, 0.25) is 11.6 Å². The van der Waals surface area contributed by atoms with E-state index in [0.29, 0.717) is 16.4 Å². The van der Waals surface area contributed by atoms with Crippen molar-refractivity contribution in [3.63, 3.8) is 0 Å². The molecule has 0 saturated carbocycles. The van der Waals surface area contributed by atoms with Crippen molar-refractivity contribution in [3.05, 3.63) is 22.9 Å². The van der Waals surface area contributed by atoms with Gasteiger partial charge in [0, 0.05) is 11.5 Å². The highest BCUT2D eigenvalue weighted by atomic mass is 32.2. The zero-order chi connectivity index (χ0) is 19.3. The Labute approximate surface area is 158 Å². The molecule has 2 aromatic rings. The average molecular weight is 409 g/mol. The Kier molecular flexibility index (Phi) is 4.24. The number of β-lactam (4-membered cyclic amide) rings is 1. The normalized spacial score (nSPS) is 22.0. The molecule has 4 heterocycles. The van der Waals surface area contributed by atoms with Crippen molar-refractivity contribution >= 4 is 47.0 Å². The third-order valence-corrected chi connectivity index (χ3v) is 6.42. The maximum atomic E-state index is 11.9. The molecule has 0 aromatic carbocycles. The molecule has 27 heavy (non-hydrogen) atoms. The van der Waals surface area contributed by atoms with Crippen molar-refractivity contribution in [3.8, 4) is 0 Å². The molecule has 140 valence electrons. The number of carboxylic acids is 2. The fourth-order valence-electron chi connectivity index (χ4n) is 2.80. The summed E-state index contributed by atoms with van der Waals surface area (Å²) in [4.78, 5) is 36.2. The van der Waals surface area contributed by atoms with E-state index in [-0.39, 0.29) is 28.0 Å². The van der Waals surface area contributed by atoms with E-state index in [2.05, 4.69) is 20.6 Å². The number of nitrogens with two attached hydrogens (primary N) is 1. The summed E-state index contributed by atoms with van der Waals surface area (Å²) >= 11 is 2.53. The zero-order valence-electron chi connectivity index (χ0n) is 13.3. The fraction of sp³-hybridized carbons (Fsp3) is 0.308. The molecule has 0 bridgehead atoms. The Bertz CT molecular complexity index is 1020. The number of aromatic carboxylic acids is 1. The van der Waals surface area contributed by atoms with Crippen LogP contribution in [0.25, 0.3) is 5.65 Å². The number of hydrogen-bond acceptors (Lipinski definition) is 10. The molecule has 2 aliphatic rings. The highest BCUT2D eigenvalue weighted by Gasteiger charge is 2.51. The Morgan fingerprint density at radius 3 is 2.85 bits per heavy atom. The van der Waals surface area contributed by atoms with E-state index in [1.165, 1.54) is 22.7 Å². The Hall–Kier alpha value is -2.71. The molecule has 12 nitrogen and oxygen atoms in total. The van der Waals surface area contributed by atoms with Gasteiger partial charge in [-0.25, -0.2) is 9.59 Å². The van der Waals surface area contributed by atoms with Gasteiger partial charge in [0.25, 0.3) is 0 Å². The second-order valence-electron chi connectivity index (χ2n) is 5.67. The number of amides is 1. The van der Waals surface area contributed by atoms with Gasteiger partial charge < -0.3 is 15.9 Å². The average Bonchev–Trinajstić information content (AvgIpc) is 3.12. The molecule has 14 heteroatoms. The van der Waals surface area contributed by atoms with Crippen molar-refractivity contribution in [1.29, 1.82) is 0 Å². The molecule has 0 spiro atoms. The second-order valence-corrected chi connectivity index (χ2v) is 7.78. The lowest BCUT2D eigenvalue weighted by Crippen LogP contribution is -2.68. The molecular formula is C13H11N7O5S2. The standard InChI is InChI=1S/C13H11N7O5S2/c14-7-10(21)19-8(13(24)25)4(3-27-11(7)19)2-26-6-1-5(12(22)23)9-15-17-18-20(9)16-6/h1,7,11H,2-3,14H2,(H,22,23)(H,24,25)/t7?,11-/m0/s1. The van der Waals surface area contributed by atoms with Crippen LogP contribution in [-0.2, 0) is 9.59 Å². The number of nitrogens with zero attached hydrogens (tertiary/aromatic N) is 6. The second kappa shape index (κ2) is 6.47. The predicted molar refractivity (Wildman–Crippen MR) is 92.0 cm³/mol. The minimum atomic E-state index is -1.21. The highest BCUT2D eigenvalue weighted by Crippen LogP contribution is 2.40. The summed E-state index contributed by atoms with van der Waals surface area (Å²) < 4.78 is 1.00. The summed E-state index contributed by atoms with van der Waals surface area (Å²) in [5, 5.41) is 33.5. The SMILES string of the molecule is NC1C(=O)N2C(C(=O)O)=C(CSc3cc(C(=O)O)c4nnnn4n3)CS[C@@H]12. The molecule has 1 unspecified atom stereocenters. The number of thioether (sulfide) groups is 2. The summed E-state index contributed by atoms with van der Waals surface area (Å²) in [5.41, 5.74) is 6.07. The predicted octanol–water partition coefficient (Wildman–Crippen LogP) is -1.11. The van der Waals surface area contributed by atoms with Crippen LogP contribution >= 0.6 is 23.5 Å². The summed E-state index contributed by atoms with van der Waals surface area (Å²) in [6.07, 6.45) is 0. The monoisotopic (exact) mass is 409 g/mol. The van der Waals surface area contributed by atoms with Crippen LogP contribution in [0.5, 0.6) is 0 Å². The van der Waals surface area contributed by atoms with Crippen molar-refractivity contribution in [2.24, 2.45) is 5.73 Å². The zero-order valence-corrected chi connectivity index (χ0v) is 15.0. The molecule has 4 N–H and O–H groups in total. The van der Waals surface area contributed by atoms with Crippen LogP contribution in [0.1, 0.15) is 10.4 Å². The minimum absolute atomic E-state index is 0.00789. The van der Waals surface area contributed by atoms with Crippen molar-refractivity contribution in [2.45, 2.75) is 16.4 Å². The van der Waals surface area contributed by atoms with Crippen LogP contribution in [0.4, 0.5) is 0 Å². The van der Waals surface area contributed by atoms with E-state index in [1.54, 1.807) is 0 Å². The van der Waals surface area contributed by atoms with Gasteiger partial charge in [0.15, 0.2) is 0 Å². The van der Waals surface area contributed by atoms with Crippen molar-refractivity contribution in [1.82, 2.24) is 30.2 Å². The summed E-state index contributed by atoms with van der Waals surface area (Å²) in [5.74, 6) is -2.23. The lowest BCUT2D eigenvalue weighted by Gasteiger charge is -2.48. The third-order valence-electron chi connectivity index (χ3n) is 4.07. The number of rotatable bonds is 5. The first-order valence-electron chi connectivity index (χ1n) is 7.49. The van der Waals surface area contributed by atoms with Crippen molar-refractivity contribution < 1.29 is 24.6 Å². The Morgan fingerprint density at radius 2 is 2.15 bits per heavy atom. The topological polar surface area (TPSA) is 177 Å². The largest absolute Gasteiger partial charge is 0.478 e. The molecule has 1 amide bonds. The van der Waals surface area contributed by atoms with Crippen LogP contribution in [0, 0.1) is 0 Å². The Morgan fingerprint density at radius 1 is 1.37 bits per heavy atom. The number of tetrazole rings is 1. The maximum absolute atomic E-state index is 11.9. The van der Waals surface area contributed by atoms with Gasteiger partial charge in [0.05, 0.1) is 0 Å². The summed E-state index contributed by atoms with van der Waals surface area (Å²) in [6, 6.07) is 0.629. The molecule has 0 radical (unpaired) electrons. The van der Waals surface area contributed by atoms with Gasteiger partial charge in [-0.1, -0.05) is 11.8 Å². The van der Waals surface area contributed by atoms with Crippen molar-refractivity contribution in [2.75, 3.05) is 11.5 Å². The van der Waals surface area contributed by atoms with Crippen LogP contribution in [0.2, 0.25) is 0 Å². The van der Waals surface area contributed by atoms with Crippen LogP contribution in [0.3, 0.4) is 0 Å². The number of carbonyl (C=O) groups is 3. The molecular weight excluding hydrogens is 398 g/mol. The fourth-order valence-corrected chi connectivity index (χ4v) is 5.12. The van der Waals surface area contributed by atoms with Gasteiger partial charge in [-0.2, -0.15) is 0 Å². The smallest absolute Gasteiger partial charge is 0.352 e. The number of carboxylic acid groups (broad SMARTS) is 2. The first-order chi connectivity index (χ1) is 12.9. The molecule has 1 saturated heterocycles. The number of carbonyl (C=O) groups excluding carboxylic acids is 1. The van der Waals surface area contributed by atoms with Gasteiger partial charge in [-0.3, -0.25) is 9.69 Å². The summed E-state index contributed by atoms with van der Waals surface area (Å²) in [6.45, 7) is 0. The molecule has 2 atom stereocenters. The van der Waals surface area contributed by atoms with E-state index in [9.17, 15) is 24.6 Å². The van der Waals surface area contributed by atoms with Crippen LogP contribution < -0.4 is 5.73 Å². The maximum Gasteiger partial charge on any atom is 0.352 e. The van der Waals surface area contributed by atoms with E-state index in [0.717, 1.165) is 16.4 Å².